The van der Waals surface area contributed by atoms with Crippen LogP contribution >= 0.6 is 15.9 Å². The molecule has 1 aromatic carbocycles. The smallest absolute Gasteiger partial charge is 0.225 e. The third-order valence-electron chi connectivity index (χ3n) is 2.90. The largest absolute Gasteiger partial charge is 0.356 e. The molecule has 0 saturated heterocycles. The van der Waals surface area contributed by atoms with Gasteiger partial charge in [0.25, 0.3) is 0 Å². The standard InChI is InChI=1S/C14H17BrN2O2/c1-8(16-13(18)14(2,3)4)12-10-6-5-9(15)7-11(10)19-17-12/h5-8H,1-4H3,(H,16,18). The molecular weight excluding hydrogens is 308 g/mol. The second-order valence-corrected chi connectivity index (χ2v) is 6.57. The van der Waals surface area contributed by atoms with Gasteiger partial charge < -0.3 is 9.84 Å². The Morgan fingerprint density at radius 2 is 2.11 bits per heavy atom. The first-order chi connectivity index (χ1) is 8.79. The highest BCUT2D eigenvalue weighted by Crippen LogP contribution is 2.27. The van der Waals surface area contributed by atoms with Gasteiger partial charge in [-0.2, -0.15) is 0 Å². The summed E-state index contributed by atoms with van der Waals surface area (Å²) in [4.78, 5) is 12.0. The lowest BCUT2D eigenvalue weighted by Gasteiger charge is -2.20. The van der Waals surface area contributed by atoms with E-state index in [0.717, 1.165) is 15.6 Å². The minimum Gasteiger partial charge on any atom is -0.356 e. The number of carbonyl (C=O) groups is 1. The monoisotopic (exact) mass is 324 g/mol. The number of rotatable bonds is 2. The van der Waals surface area contributed by atoms with Crippen molar-refractivity contribution in [3.05, 3.63) is 28.4 Å². The van der Waals surface area contributed by atoms with Crippen molar-refractivity contribution in [1.82, 2.24) is 10.5 Å². The van der Waals surface area contributed by atoms with Crippen LogP contribution in [0.1, 0.15) is 39.4 Å². The fraction of sp³-hybridized carbons (Fsp3) is 0.429. The number of nitrogens with zero attached hydrogens (tertiary/aromatic N) is 1. The van der Waals surface area contributed by atoms with Crippen LogP contribution in [0, 0.1) is 5.41 Å². The van der Waals surface area contributed by atoms with E-state index < -0.39 is 5.41 Å². The molecule has 0 aliphatic carbocycles. The predicted octanol–water partition coefficient (Wildman–Crippen LogP) is 3.81. The summed E-state index contributed by atoms with van der Waals surface area (Å²) in [5.74, 6) is -0.00624. The number of carbonyl (C=O) groups excluding carboxylic acids is 1. The highest BCUT2D eigenvalue weighted by atomic mass is 79.9. The van der Waals surface area contributed by atoms with Crippen LogP contribution in [-0.2, 0) is 4.79 Å². The Morgan fingerprint density at radius 3 is 2.74 bits per heavy atom. The Bertz CT molecular complexity index is 613. The maximum atomic E-state index is 12.0. The zero-order valence-electron chi connectivity index (χ0n) is 11.5. The van der Waals surface area contributed by atoms with Gasteiger partial charge in [-0.05, 0) is 25.1 Å². The van der Waals surface area contributed by atoms with Crippen molar-refractivity contribution in [3.8, 4) is 0 Å². The minimum absolute atomic E-state index is 0.00624. The quantitative estimate of drug-likeness (QED) is 0.913. The zero-order valence-corrected chi connectivity index (χ0v) is 13.0. The molecule has 1 aromatic heterocycles. The average Bonchev–Trinajstić information content (AvgIpc) is 2.70. The Morgan fingerprint density at radius 1 is 1.42 bits per heavy atom. The van der Waals surface area contributed by atoms with Gasteiger partial charge in [-0.1, -0.05) is 41.9 Å². The molecule has 0 fully saturated rings. The fourth-order valence-corrected chi connectivity index (χ4v) is 2.06. The van der Waals surface area contributed by atoms with Gasteiger partial charge in [0.2, 0.25) is 5.91 Å². The first-order valence-electron chi connectivity index (χ1n) is 6.15. The van der Waals surface area contributed by atoms with Crippen LogP contribution in [0.3, 0.4) is 0 Å². The van der Waals surface area contributed by atoms with Crippen LogP contribution in [0.4, 0.5) is 0 Å². The van der Waals surface area contributed by atoms with Gasteiger partial charge in [-0.15, -0.1) is 0 Å². The molecule has 2 aromatic rings. The summed E-state index contributed by atoms with van der Waals surface area (Å²) >= 11 is 3.39. The molecule has 4 nitrogen and oxygen atoms in total. The molecule has 1 atom stereocenters. The molecular formula is C14H17BrN2O2. The summed E-state index contributed by atoms with van der Waals surface area (Å²) in [5.41, 5.74) is 1.04. The molecule has 19 heavy (non-hydrogen) atoms. The molecule has 0 spiro atoms. The van der Waals surface area contributed by atoms with Gasteiger partial charge in [0.1, 0.15) is 5.69 Å². The van der Waals surface area contributed by atoms with Crippen molar-refractivity contribution in [3.63, 3.8) is 0 Å². The van der Waals surface area contributed by atoms with E-state index >= 15 is 0 Å². The van der Waals surface area contributed by atoms with E-state index in [-0.39, 0.29) is 11.9 Å². The molecule has 1 unspecified atom stereocenters. The predicted molar refractivity (Wildman–Crippen MR) is 77.7 cm³/mol. The molecule has 0 radical (unpaired) electrons. The van der Waals surface area contributed by atoms with Gasteiger partial charge in [0.15, 0.2) is 5.58 Å². The maximum Gasteiger partial charge on any atom is 0.225 e. The minimum atomic E-state index is -0.420. The van der Waals surface area contributed by atoms with Crippen molar-refractivity contribution in [2.75, 3.05) is 0 Å². The van der Waals surface area contributed by atoms with E-state index in [1.54, 1.807) is 0 Å². The summed E-state index contributed by atoms with van der Waals surface area (Å²) in [7, 11) is 0. The lowest BCUT2D eigenvalue weighted by molar-refractivity contribution is -0.129. The summed E-state index contributed by atoms with van der Waals surface area (Å²) < 4.78 is 6.23. The third-order valence-corrected chi connectivity index (χ3v) is 3.39. The average molecular weight is 325 g/mol. The van der Waals surface area contributed by atoms with Crippen molar-refractivity contribution in [2.24, 2.45) is 5.41 Å². The van der Waals surface area contributed by atoms with Crippen LogP contribution in [0.2, 0.25) is 0 Å². The van der Waals surface area contributed by atoms with E-state index in [9.17, 15) is 4.79 Å². The Labute approximate surface area is 120 Å². The topological polar surface area (TPSA) is 55.1 Å². The summed E-state index contributed by atoms with van der Waals surface area (Å²) in [5, 5.41) is 7.94. The second-order valence-electron chi connectivity index (χ2n) is 5.65. The van der Waals surface area contributed by atoms with Crippen molar-refractivity contribution >= 4 is 32.8 Å². The number of fused-ring (bicyclic) bond motifs is 1. The van der Waals surface area contributed by atoms with Crippen molar-refractivity contribution in [2.45, 2.75) is 33.7 Å². The highest BCUT2D eigenvalue weighted by molar-refractivity contribution is 9.10. The molecule has 0 saturated carbocycles. The van der Waals surface area contributed by atoms with Gasteiger partial charge in [0.05, 0.1) is 6.04 Å². The van der Waals surface area contributed by atoms with E-state index in [1.807, 2.05) is 45.9 Å². The van der Waals surface area contributed by atoms with E-state index in [0.29, 0.717) is 5.58 Å². The van der Waals surface area contributed by atoms with Crippen molar-refractivity contribution in [1.29, 1.82) is 0 Å². The number of amides is 1. The third kappa shape index (κ3) is 2.97. The summed E-state index contributed by atoms with van der Waals surface area (Å²) in [6.07, 6.45) is 0. The number of benzene rings is 1. The van der Waals surface area contributed by atoms with Crippen LogP contribution in [0.5, 0.6) is 0 Å². The molecule has 1 N–H and O–H groups in total. The molecule has 0 bridgehead atoms. The number of nitrogens with one attached hydrogen (secondary N) is 1. The SMILES string of the molecule is CC(NC(=O)C(C)(C)C)c1noc2cc(Br)ccc12. The number of hydrogen-bond acceptors (Lipinski definition) is 3. The highest BCUT2D eigenvalue weighted by Gasteiger charge is 2.25. The lowest BCUT2D eigenvalue weighted by atomic mass is 9.95. The number of aromatic nitrogens is 1. The molecule has 5 heteroatoms. The normalized spacial score (nSPS) is 13.5. The van der Waals surface area contributed by atoms with Crippen LogP contribution in [-0.4, -0.2) is 11.1 Å². The van der Waals surface area contributed by atoms with Crippen LogP contribution in [0.25, 0.3) is 11.0 Å². The molecule has 1 heterocycles. The molecule has 0 aliphatic heterocycles. The van der Waals surface area contributed by atoms with E-state index in [4.69, 9.17) is 4.52 Å². The van der Waals surface area contributed by atoms with E-state index in [2.05, 4.69) is 26.4 Å². The van der Waals surface area contributed by atoms with Gasteiger partial charge in [-0.25, -0.2) is 0 Å². The van der Waals surface area contributed by atoms with Crippen LogP contribution in [0.15, 0.2) is 27.2 Å². The lowest BCUT2D eigenvalue weighted by Crippen LogP contribution is -2.36. The van der Waals surface area contributed by atoms with Crippen LogP contribution < -0.4 is 5.32 Å². The number of halogens is 1. The number of hydrogen-bond donors (Lipinski definition) is 1. The molecule has 2 rings (SSSR count). The second kappa shape index (κ2) is 4.96. The van der Waals surface area contributed by atoms with Gasteiger partial charge in [0, 0.05) is 15.3 Å². The summed E-state index contributed by atoms with van der Waals surface area (Å²) in [6, 6.07) is 5.55. The summed E-state index contributed by atoms with van der Waals surface area (Å²) in [6.45, 7) is 7.55. The zero-order chi connectivity index (χ0) is 14.2. The van der Waals surface area contributed by atoms with Gasteiger partial charge >= 0.3 is 0 Å². The first kappa shape index (κ1) is 14.1. The molecule has 0 aliphatic rings. The Balaban J connectivity index is 2.27. The molecule has 102 valence electrons. The maximum absolute atomic E-state index is 12.0. The first-order valence-corrected chi connectivity index (χ1v) is 6.94. The van der Waals surface area contributed by atoms with Crippen molar-refractivity contribution < 1.29 is 9.32 Å². The fourth-order valence-electron chi connectivity index (χ4n) is 1.72. The van der Waals surface area contributed by atoms with E-state index in [1.165, 1.54) is 0 Å². The molecule has 1 amide bonds. The Hall–Kier alpha value is -1.36. The Kier molecular flexibility index (Phi) is 3.67. The van der Waals surface area contributed by atoms with Gasteiger partial charge in [-0.3, -0.25) is 4.79 Å².